The molecule has 1 unspecified atom stereocenters. The van der Waals surface area contributed by atoms with Crippen molar-refractivity contribution >= 4 is 11.8 Å². The van der Waals surface area contributed by atoms with Gasteiger partial charge < -0.3 is 16.4 Å². The van der Waals surface area contributed by atoms with Crippen LogP contribution in [0.15, 0.2) is 30.3 Å². The Bertz CT molecular complexity index is 654. The van der Waals surface area contributed by atoms with Crippen molar-refractivity contribution < 1.29 is 22.8 Å². The highest BCUT2D eigenvalue weighted by Crippen LogP contribution is 2.25. The van der Waals surface area contributed by atoms with Crippen LogP contribution < -0.4 is 16.4 Å². The number of halogens is 3. The number of piperazine rings is 1. The summed E-state index contributed by atoms with van der Waals surface area (Å²) in [6.45, 7) is 0.558. The van der Waals surface area contributed by atoms with Crippen LogP contribution in [0.1, 0.15) is 24.8 Å². The van der Waals surface area contributed by atoms with Crippen molar-refractivity contribution in [3.8, 4) is 0 Å². The molecule has 1 atom stereocenters. The molecule has 1 aliphatic rings. The molecule has 28 heavy (non-hydrogen) atoms. The minimum atomic E-state index is -4.47. The van der Waals surface area contributed by atoms with E-state index in [-0.39, 0.29) is 13.0 Å². The maximum atomic E-state index is 13.0. The molecule has 0 bridgehead atoms. The number of unbranched alkanes of at least 4 members (excludes halogenated alkanes) is 1. The SMILES string of the molecule is NC(=O)CCCCN1CCNCC1(Cc1ccccc1)C(=O)NCC(F)(F)F. The van der Waals surface area contributed by atoms with Gasteiger partial charge in [-0.3, -0.25) is 14.5 Å². The molecule has 0 saturated carbocycles. The first kappa shape index (κ1) is 22.2. The van der Waals surface area contributed by atoms with Gasteiger partial charge in [0.1, 0.15) is 12.1 Å². The zero-order valence-electron chi connectivity index (χ0n) is 15.7. The normalized spacial score (nSPS) is 20.7. The van der Waals surface area contributed by atoms with Gasteiger partial charge in [-0.25, -0.2) is 0 Å². The number of carbonyl (C=O) groups excluding carboxylic acids is 2. The average Bonchev–Trinajstić information content (AvgIpc) is 2.64. The number of carbonyl (C=O) groups is 2. The van der Waals surface area contributed by atoms with Gasteiger partial charge in [-0.15, -0.1) is 0 Å². The van der Waals surface area contributed by atoms with Gasteiger partial charge in [-0.2, -0.15) is 13.2 Å². The highest BCUT2D eigenvalue weighted by Gasteiger charge is 2.46. The number of rotatable bonds is 9. The molecule has 4 N–H and O–H groups in total. The summed E-state index contributed by atoms with van der Waals surface area (Å²) in [6.07, 6.45) is -2.73. The molecular formula is C19H27F3N4O2. The number of benzene rings is 1. The predicted octanol–water partition coefficient (Wildman–Crippen LogP) is 1.21. The van der Waals surface area contributed by atoms with Crippen LogP contribution in [0.3, 0.4) is 0 Å². The Hall–Kier alpha value is -2.13. The highest BCUT2D eigenvalue weighted by molar-refractivity contribution is 5.87. The predicted molar refractivity (Wildman–Crippen MR) is 99.4 cm³/mol. The van der Waals surface area contributed by atoms with E-state index in [1.165, 1.54) is 0 Å². The summed E-state index contributed by atoms with van der Waals surface area (Å²) in [5.41, 5.74) is 4.91. The molecule has 156 valence electrons. The molecule has 1 aliphatic heterocycles. The largest absolute Gasteiger partial charge is 0.405 e. The Morgan fingerprint density at radius 1 is 1.21 bits per heavy atom. The average molecular weight is 400 g/mol. The Morgan fingerprint density at radius 2 is 1.93 bits per heavy atom. The number of hydrogen-bond donors (Lipinski definition) is 3. The maximum Gasteiger partial charge on any atom is 0.405 e. The van der Waals surface area contributed by atoms with Gasteiger partial charge in [-0.05, 0) is 24.9 Å². The van der Waals surface area contributed by atoms with Gasteiger partial charge >= 0.3 is 6.18 Å². The molecule has 0 radical (unpaired) electrons. The lowest BCUT2D eigenvalue weighted by Gasteiger charge is -2.46. The molecule has 1 saturated heterocycles. The van der Waals surface area contributed by atoms with Crippen LogP contribution in [0.5, 0.6) is 0 Å². The minimum absolute atomic E-state index is 0.248. The number of nitrogens with two attached hydrogens (primary N) is 1. The molecule has 9 heteroatoms. The standard InChI is InChI=1S/C19H27F3N4O2/c20-19(21,22)14-25-17(28)18(12-15-6-2-1-3-7-15)13-24-9-11-26(18)10-5-4-8-16(23)27/h1-3,6-7,24H,4-5,8-14H2,(H2,23,27)(H,25,28). The van der Waals surface area contributed by atoms with Crippen LogP contribution in [0.25, 0.3) is 0 Å². The second-order valence-electron chi connectivity index (χ2n) is 7.08. The van der Waals surface area contributed by atoms with Crippen LogP contribution >= 0.6 is 0 Å². The van der Waals surface area contributed by atoms with Crippen molar-refractivity contribution in [2.75, 3.05) is 32.7 Å². The Morgan fingerprint density at radius 3 is 2.57 bits per heavy atom. The molecule has 0 aromatic heterocycles. The second-order valence-corrected chi connectivity index (χ2v) is 7.08. The zero-order valence-corrected chi connectivity index (χ0v) is 15.7. The third-order valence-electron chi connectivity index (χ3n) is 4.89. The Balaban J connectivity index is 2.20. The van der Waals surface area contributed by atoms with Crippen LogP contribution in [0.4, 0.5) is 13.2 Å². The van der Waals surface area contributed by atoms with Crippen LogP contribution in [-0.2, 0) is 16.0 Å². The van der Waals surface area contributed by atoms with Crippen LogP contribution in [0, 0.1) is 0 Å². The first-order chi connectivity index (χ1) is 13.2. The lowest BCUT2D eigenvalue weighted by atomic mass is 9.85. The maximum absolute atomic E-state index is 13.0. The van der Waals surface area contributed by atoms with Crippen molar-refractivity contribution in [2.45, 2.75) is 37.4 Å². The first-order valence-electron chi connectivity index (χ1n) is 9.36. The Kier molecular flexibility index (Phi) is 7.82. The fourth-order valence-electron chi connectivity index (χ4n) is 3.52. The summed E-state index contributed by atoms with van der Waals surface area (Å²) in [5, 5.41) is 5.23. The molecule has 0 spiro atoms. The van der Waals surface area contributed by atoms with Gasteiger partial charge in [0.05, 0.1) is 0 Å². The fraction of sp³-hybridized carbons (Fsp3) is 0.579. The summed E-state index contributed by atoms with van der Waals surface area (Å²) in [7, 11) is 0. The van der Waals surface area contributed by atoms with E-state index in [2.05, 4.69) is 10.6 Å². The van der Waals surface area contributed by atoms with E-state index in [9.17, 15) is 22.8 Å². The smallest absolute Gasteiger partial charge is 0.370 e. The monoisotopic (exact) mass is 400 g/mol. The van der Waals surface area contributed by atoms with Gasteiger partial charge in [-0.1, -0.05) is 30.3 Å². The minimum Gasteiger partial charge on any atom is -0.370 e. The van der Waals surface area contributed by atoms with Gasteiger partial charge in [0.15, 0.2) is 0 Å². The van der Waals surface area contributed by atoms with Crippen molar-refractivity contribution in [1.82, 2.24) is 15.5 Å². The van der Waals surface area contributed by atoms with Crippen LogP contribution in [0.2, 0.25) is 0 Å². The number of amides is 2. The van der Waals surface area contributed by atoms with E-state index >= 15 is 0 Å². The van der Waals surface area contributed by atoms with Crippen molar-refractivity contribution in [3.05, 3.63) is 35.9 Å². The first-order valence-corrected chi connectivity index (χ1v) is 9.36. The van der Waals surface area contributed by atoms with E-state index in [4.69, 9.17) is 5.73 Å². The quantitative estimate of drug-likeness (QED) is 0.544. The summed E-state index contributed by atoms with van der Waals surface area (Å²) >= 11 is 0. The van der Waals surface area contributed by atoms with E-state index < -0.39 is 30.1 Å². The summed E-state index contributed by atoms with van der Waals surface area (Å²) < 4.78 is 38.0. The Labute approximate surface area is 162 Å². The zero-order chi connectivity index (χ0) is 20.6. The summed E-state index contributed by atoms with van der Waals surface area (Å²) in [4.78, 5) is 25.8. The van der Waals surface area contributed by atoms with E-state index in [0.29, 0.717) is 38.9 Å². The van der Waals surface area contributed by atoms with E-state index in [0.717, 1.165) is 5.56 Å². The van der Waals surface area contributed by atoms with Crippen molar-refractivity contribution in [2.24, 2.45) is 5.73 Å². The molecule has 1 aromatic rings. The summed E-state index contributed by atoms with van der Waals surface area (Å²) in [6, 6.07) is 9.24. The molecule has 0 aliphatic carbocycles. The number of alkyl halides is 3. The molecule has 6 nitrogen and oxygen atoms in total. The number of nitrogens with one attached hydrogen (secondary N) is 2. The molecule has 1 aromatic carbocycles. The van der Waals surface area contributed by atoms with E-state index in [1.807, 2.05) is 35.2 Å². The van der Waals surface area contributed by atoms with Gasteiger partial charge in [0.2, 0.25) is 11.8 Å². The molecular weight excluding hydrogens is 373 g/mol. The second kappa shape index (κ2) is 9.88. The lowest BCUT2D eigenvalue weighted by molar-refractivity contribution is -0.147. The molecule has 2 rings (SSSR count). The number of nitrogens with zero attached hydrogens (tertiary/aromatic N) is 1. The number of primary amides is 1. The molecule has 1 fully saturated rings. The van der Waals surface area contributed by atoms with Crippen molar-refractivity contribution in [3.63, 3.8) is 0 Å². The van der Waals surface area contributed by atoms with E-state index in [1.54, 1.807) is 0 Å². The molecule has 1 heterocycles. The highest BCUT2D eigenvalue weighted by atomic mass is 19.4. The fourth-order valence-corrected chi connectivity index (χ4v) is 3.52. The molecule has 2 amide bonds. The topological polar surface area (TPSA) is 87.5 Å². The summed E-state index contributed by atoms with van der Waals surface area (Å²) in [5.74, 6) is -1.03. The van der Waals surface area contributed by atoms with Crippen molar-refractivity contribution in [1.29, 1.82) is 0 Å². The third kappa shape index (κ3) is 6.49. The van der Waals surface area contributed by atoms with Gasteiger partial charge in [0, 0.05) is 32.5 Å². The lowest BCUT2D eigenvalue weighted by Crippen LogP contribution is -2.69. The van der Waals surface area contributed by atoms with Crippen LogP contribution in [-0.4, -0.2) is 61.2 Å². The number of hydrogen-bond acceptors (Lipinski definition) is 4. The van der Waals surface area contributed by atoms with Gasteiger partial charge in [0.25, 0.3) is 0 Å². The third-order valence-corrected chi connectivity index (χ3v) is 4.89.